The summed E-state index contributed by atoms with van der Waals surface area (Å²) in [4.78, 5) is 27.1. The van der Waals surface area contributed by atoms with Gasteiger partial charge in [-0.3, -0.25) is 9.59 Å². The van der Waals surface area contributed by atoms with Crippen LogP contribution in [0.2, 0.25) is 0 Å². The summed E-state index contributed by atoms with van der Waals surface area (Å²) in [5.74, 6) is -9.46. The van der Waals surface area contributed by atoms with Gasteiger partial charge in [-0.2, -0.15) is 0 Å². The number of aromatic hydroxyl groups is 6. The number of fused-ring (bicyclic) bond motifs is 4. The van der Waals surface area contributed by atoms with Crippen molar-refractivity contribution < 1.29 is 135 Å². The minimum absolute atomic E-state index is 0.124. The zero-order valence-corrected chi connectivity index (χ0v) is 42.9. The maximum Gasteiger partial charge on any atom is 0.229 e. The lowest BCUT2D eigenvalue weighted by Gasteiger charge is -2.40. The zero-order chi connectivity index (χ0) is 59.8. The minimum atomic E-state index is -1.82. The Hall–Kier alpha value is -6.46. The van der Waals surface area contributed by atoms with Gasteiger partial charge in [0.25, 0.3) is 0 Å². The summed E-state index contributed by atoms with van der Waals surface area (Å²) >= 11 is 0. The summed E-state index contributed by atoms with van der Waals surface area (Å²) < 4.78 is 33.3. The first-order valence-corrected chi connectivity index (χ1v) is 25.7. The van der Waals surface area contributed by atoms with E-state index in [1.54, 1.807) is 0 Å². The molecule has 10 rings (SSSR count). The molecule has 4 heterocycles. The normalized spacial score (nSPS) is 34.2. The number of hydrogen-bond donors (Lipinski definition) is 21. The van der Waals surface area contributed by atoms with E-state index in [0.29, 0.717) is 0 Å². The number of benzene rings is 4. The smallest absolute Gasteiger partial charge is 0.229 e. The van der Waals surface area contributed by atoms with Crippen LogP contribution in [0, 0.1) is 17.8 Å². The molecule has 0 spiro atoms. The van der Waals surface area contributed by atoms with Crippen LogP contribution in [0.15, 0.2) is 54.8 Å². The summed E-state index contributed by atoms with van der Waals surface area (Å²) in [5, 5.41) is 214. The van der Waals surface area contributed by atoms with Crippen LogP contribution in [-0.2, 0) is 9.47 Å². The van der Waals surface area contributed by atoms with E-state index in [1.807, 2.05) is 0 Å². The van der Waals surface area contributed by atoms with Gasteiger partial charge >= 0.3 is 0 Å². The Balaban J connectivity index is 0.000000198. The summed E-state index contributed by atoms with van der Waals surface area (Å²) in [6.45, 7) is -0.930. The molecule has 2 aromatic heterocycles. The third kappa shape index (κ3) is 10.3. The Labute approximate surface area is 459 Å². The molecule has 2 unspecified atom stereocenters. The molecule has 4 fully saturated rings. The van der Waals surface area contributed by atoms with Gasteiger partial charge < -0.3 is 135 Å². The van der Waals surface area contributed by atoms with Gasteiger partial charge in [0.15, 0.2) is 23.0 Å². The number of hydrogen-bond acceptors (Lipinski definition) is 29. The van der Waals surface area contributed by atoms with Crippen molar-refractivity contribution in [3.63, 3.8) is 0 Å². The Bertz CT molecular complexity index is 3450. The molecule has 4 aliphatic rings. The van der Waals surface area contributed by atoms with E-state index in [4.69, 9.17) is 27.8 Å². The number of ether oxygens (including phenoxy) is 4. The van der Waals surface area contributed by atoms with Crippen LogP contribution in [0.25, 0.3) is 43.9 Å². The molecule has 0 radical (unpaired) electrons. The highest BCUT2D eigenvalue weighted by Gasteiger charge is 2.49. The van der Waals surface area contributed by atoms with Crippen molar-refractivity contribution in [2.75, 3.05) is 26.4 Å². The second-order valence-corrected chi connectivity index (χ2v) is 21.1. The average Bonchev–Trinajstić information content (AvgIpc) is 3.64. The monoisotopic (exact) mass is 1160 g/mol. The van der Waals surface area contributed by atoms with E-state index >= 15 is 0 Å². The molecule has 4 aromatic carbocycles. The van der Waals surface area contributed by atoms with Crippen molar-refractivity contribution in [2.24, 2.45) is 17.8 Å². The SMILES string of the molecule is C[C@H]1[C@H](Oc2cc3oc4cc(O)c(C5C[C@H](CO)[C@@H](O)[C@H](O)[C@H]5O)c(O)c4c(=O)c3cc2O)O[C@H](CO)[C@@H](O)[C@@H]1O.O=c1c2cc(O[C@@H]3O[C@H](CO)[C@@H](O)[C@H](O)[C@H]3O)c(O)cc2oc2cc(O)c(C3C[C@H](CO)[C@@H](O)[C@H](O)[C@H]3O)c(O)c12. The number of rotatable bonds is 10. The Morgan fingerprint density at radius 1 is 0.427 bits per heavy atom. The maximum atomic E-state index is 13.6. The molecule has 0 amide bonds. The molecule has 448 valence electrons. The summed E-state index contributed by atoms with van der Waals surface area (Å²) in [5.41, 5.74) is -3.18. The molecular weight excluding hydrogens is 1100 g/mol. The maximum absolute atomic E-state index is 13.6. The summed E-state index contributed by atoms with van der Waals surface area (Å²) in [7, 11) is 0. The lowest BCUT2D eigenvalue weighted by molar-refractivity contribution is -0.277. The molecule has 29 heteroatoms. The zero-order valence-electron chi connectivity index (χ0n) is 42.9. The molecule has 6 aromatic rings. The van der Waals surface area contributed by atoms with Crippen LogP contribution in [0.1, 0.15) is 42.7 Å². The van der Waals surface area contributed by atoms with E-state index < -0.39 is 204 Å². The largest absolute Gasteiger partial charge is 0.507 e. The second-order valence-electron chi connectivity index (χ2n) is 21.1. The van der Waals surface area contributed by atoms with Crippen molar-refractivity contribution in [3.8, 4) is 46.0 Å². The van der Waals surface area contributed by atoms with E-state index in [9.17, 15) is 117 Å². The van der Waals surface area contributed by atoms with Crippen molar-refractivity contribution in [1.82, 2.24) is 0 Å². The Morgan fingerprint density at radius 3 is 1.29 bits per heavy atom. The molecular formula is C53H62O29. The lowest BCUT2D eigenvalue weighted by Crippen LogP contribution is -2.60. The Morgan fingerprint density at radius 2 is 0.817 bits per heavy atom. The van der Waals surface area contributed by atoms with Gasteiger partial charge in [0.2, 0.25) is 23.4 Å². The first-order valence-electron chi connectivity index (χ1n) is 25.7. The highest BCUT2D eigenvalue weighted by atomic mass is 16.7. The summed E-state index contributed by atoms with van der Waals surface area (Å²) in [6.07, 6.45) is -23.2. The lowest BCUT2D eigenvalue weighted by atomic mass is 9.72. The first kappa shape index (κ1) is 60.1. The number of aliphatic hydroxyl groups excluding tert-OH is 15. The molecule has 29 nitrogen and oxygen atoms in total. The standard InChI is InChI=1S/C27H32O14.C26H30O15/c1-8-20(32)24(36)17(7-29)41-27(8)40-15-5-14-10(3-12(15)30)22(34)19-16(39-14)4-13(31)18(25(19)37)11-2-9(6-28)21(33)26(38)23(11)35;27-5-7-1-9(20(33)23(36)18(7)31)16-11(30)4-14-17(22(16)35)19(32)8-2-13(10(29)3-12(8)39-14)40-26-25(38)24(37)21(34)15(6-28)41-26/h3-5,8-9,11,17,20-21,23-24,26-33,35-38H,2,6-7H2,1H3;2-4,7,9,15,18,20-21,23-31,33-38H,1,5-6H2/t8-,9-,11?,17-,20-,21-,23+,24-,26+,27-;7-,9?,15-,18-,20+,21-,23+,24+,25-,26-/m11/s1. The second kappa shape index (κ2) is 23.3. The molecule has 2 saturated heterocycles. The topological polar surface area (TPSA) is 522 Å². The van der Waals surface area contributed by atoms with Crippen LogP contribution >= 0.6 is 0 Å². The molecule has 21 N–H and O–H groups in total. The van der Waals surface area contributed by atoms with Crippen LogP contribution in [0.3, 0.4) is 0 Å². The molecule has 2 aliphatic heterocycles. The van der Waals surface area contributed by atoms with Crippen LogP contribution in [0.5, 0.6) is 46.0 Å². The van der Waals surface area contributed by atoms with Gasteiger partial charge in [0, 0.05) is 78.2 Å². The van der Waals surface area contributed by atoms with Crippen LogP contribution < -0.4 is 20.3 Å². The number of aliphatic hydroxyl groups is 15. The minimum Gasteiger partial charge on any atom is -0.507 e. The first-order chi connectivity index (χ1) is 38.8. The molecule has 0 bridgehead atoms. The van der Waals surface area contributed by atoms with Gasteiger partial charge in [-0.05, 0) is 25.0 Å². The Kier molecular flexibility index (Phi) is 17.1. The van der Waals surface area contributed by atoms with Gasteiger partial charge in [0.05, 0.1) is 54.5 Å². The van der Waals surface area contributed by atoms with Crippen LogP contribution in [0.4, 0.5) is 0 Å². The average molecular weight is 1160 g/mol. The molecule has 2 aliphatic carbocycles. The van der Waals surface area contributed by atoms with E-state index in [-0.39, 0.29) is 68.2 Å². The van der Waals surface area contributed by atoms with Crippen molar-refractivity contribution in [3.05, 3.63) is 68.0 Å². The predicted octanol–water partition coefficient (Wildman–Crippen LogP) is -3.88. The van der Waals surface area contributed by atoms with Crippen LogP contribution in [-0.4, -0.2) is 226 Å². The molecule has 20 atom stereocenters. The third-order valence-electron chi connectivity index (χ3n) is 16.1. The highest BCUT2D eigenvalue weighted by molar-refractivity contribution is 5.97. The summed E-state index contributed by atoms with van der Waals surface area (Å²) in [6, 6.07) is 6.18. The predicted molar refractivity (Wildman–Crippen MR) is 274 cm³/mol. The fourth-order valence-electron chi connectivity index (χ4n) is 11.3. The van der Waals surface area contributed by atoms with Gasteiger partial charge in [-0.15, -0.1) is 0 Å². The van der Waals surface area contributed by atoms with E-state index in [2.05, 4.69) is 0 Å². The van der Waals surface area contributed by atoms with Gasteiger partial charge in [0.1, 0.15) is 105 Å². The highest BCUT2D eigenvalue weighted by Crippen LogP contribution is 2.49. The number of phenolic OH excluding ortho intramolecular Hbond substituents is 6. The quantitative estimate of drug-likeness (QED) is 0.0583. The van der Waals surface area contributed by atoms with Gasteiger partial charge in [-0.25, -0.2) is 0 Å². The van der Waals surface area contributed by atoms with E-state index in [1.165, 1.54) is 6.92 Å². The third-order valence-corrected chi connectivity index (χ3v) is 16.1. The van der Waals surface area contributed by atoms with Gasteiger partial charge in [-0.1, -0.05) is 6.92 Å². The van der Waals surface area contributed by atoms with Crippen molar-refractivity contribution >= 4 is 43.9 Å². The van der Waals surface area contributed by atoms with Crippen molar-refractivity contribution in [1.29, 1.82) is 0 Å². The molecule has 2 saturated carbocycles. The molecule has 82 heavy (non-hydrogen) atoms. The fourth-order valence-corrected chi connectivity index (χ4v) is 11.3. The fraction of sp³-hybridized carbons (Fsp3) is 0.509. The van der Waals surface area contributed by atoms with Crippen molar-refractivity contribution in [2.45, 2.75) is 124 Å². The number of phenols is 6. The van der Waals surface area contributed by atoms with E-state index in [0.717, 1.165) is 36.4 Å².